The molecule has 0 spiro atoms. The molecule has 2 aromatic carbocycles. The molecule has 0 fully saturated rings. The fraction of sp³-hybridized carbons (Fsp3) is 0.0556. The van der Waals surface area contributed by atoms with Crippen LogP contribution in [0.5, 0.6) is 5.75 Å². The van der Waals surface area contributed by atoms with Gasteiger partial charge in [0.25, 0.3) is 0 Å². The lowest BCUT2D eigenvalue weighted by atomic mass is 10.3. The van der Waals surface area contributed by atoms with E-state index in [-0.39, 0.29) is 0 Å². The zero-order valence-corrected chi connectivity index (χ0v) is 15.8. The molecular weight excluding hydrogens is 381 g/mol. The summed E-state index contributed by atoms with van der Waals surface area (Å²) in [7, 11) is 1.62. The maximum atomic E-state index is 6.02. The average Bonchev–Trinajstić information content (AvgIpc) is 3.03. The Morgan fingerprint density at radius 3 is 2.50 bits per heavy atom. The molecule has 0 unspecified atom stereocenters. The van der Waals surface area contributed by atoms with Crippen molar-refractivity contribution in [1.82, 2.24) is 0 Å². The number of aliphatic imine (C=N–C) groups is 1. The SMILES string of the molecule is COc1ccc(Cl)cc1N=Cc1ccc(Sc2ccc(Cl)cc2)s1. The van der Waals surface area contributed by atoms with Crippen molar-refractivity contribution in [3.8, 4) is 5.75 Å². The molecule has 0 aliphatic carbocycles. The first-order valence-corrected chi connectivity index (χ1v) is 9.44. The smallest absolute Gasteiger partial charge is 0.144 e. The normalized spacial score (nSPS) is 11.1. The molecule has 1 heterocycles. The van der Waals surface area contributed by atoms with Crippen molar-refractivity contribution in [3.63, 3.8) is 0 Å². The third kappa shape index (κ3) is 4.54. The number of halogens is 2. The third-order valence-electron chi connectivity index (χ3n) is 3.11. The van der Waals surface area contributed by atoms with Crippen LogP contribution in [0.3, 0.4) is 0 Å². The van der Waals surface area contributed by atoms with Crippen molar-refractivity contribution in [1.29, 1.82) is 0 Å². The van der Waals surface area contributed by atoms with E-state index in [1.54, 1.807) is 42.3 Å². The van der Waals surface area contributed by atoms with Crippen molar-refractivity contribution in [2.45, 2.75) is 9.10 Å². The monoisotopic (exact) mass is 393 g/mol. The molecule has 0 saturated carbocycles. The number of benzene rings is 2. The molecule has 1 aromatic heterocycles. The van der Waals surface area contributed by atoms with Gasteiger partial charge in [-0.15, -0.1) is 11.3 Å². The van der Waals surface area contributed by atoms with E-state index in [1.807, 2.05) is 42.6 Å². The molecule has 122 valence electrons. The lowest BCUT2D eigenvalue weighted by Gasteiger charge is -2.03. The van der Waals surface area contributed by atoms with Gasteiger partial charge in [0.1, 0.15) is 11.4 Å². The summed E-state index contributed by atoms with van der Waals surface area (Å²) in [6.07, 6.45) is 1.82. The second kappa shape index (κ2) is 8.08. The highest BCUT2D eigenvalue weighted by molar-refractivity contribution is 8.01. The number of thiophene rings is 1. The molecule has 0 radical (unpaired) electrons. The number of nitrogens with zero attached hydrogens (tertiary/aromatic N) is 1. The van der Waals surface area contributed by atoms with Gasteiger partial charge in [-0.1, -0.05) is 35.0 Å². The number of hydrogen-bond donors (Lipinski definition) is 0. The molecule has 3 aromatic rings. The van der Waals surface area contributed by atoms with Crippen molar-refractivity contribution >= 4 is 58.2 Å². The molecule has 0 N–H and O–H groups in total. The van der Waals surface area contributed by atoms with Gasteiger partial charge in [0.15, 0.2) is 0 Å². The van der Waals surface area contributed by atoms with Gasteiger partial charge < -0.3 is 4.74 Å². The van der Waals surface area contributed by atoms with Crippen LogP contribution in [0.1, 0.15) is 4.88 Å². The van der Waals surface area contributed by atoms with Gasteiger partial charge >= 0.3 is 0 Å². The highest BCUT2D eigenvalue weighted by Crippen LogP contribution is 2.34. The summed E-state index contributed by atoms with van der Waals surface area (Å²) < 4.78 is 6.49. The number of hydrogen-bond acceptors (Lipinski definition) is 4. The van der Waals surface area contributed by atoms with Crippen LogP contribution in [0.15, 0.2) is 68.7 Å². The fourth-order valence-corrected chi connectivity index (χ4v) is 4.26. The first-order valence-electron chi connectivity index (χ1n) is 7.05. The van der Waals surface area contributed by atoms with E-state index in [4.69, 9.17) is 27.9 Å². The van der Waals surface area contributed by atoms with E-state index in [0.29, 0.717) is 16.5 Å². The largest absolute Gasteiger partial charge is 0.494 e. The molecule has 0 aliphatic rings. The lowest BCUT2D eigenvalue weighted by Crippen LogP contribution is -1.83. The van der Waals surface area contributed by atoms with Gasteiger partial charge in [0, 0.05) is 26.0 Å². The van der Waals surface area contributed by atoms with Crippen molar-refractivity contribution < 1.29 is 4.74 Å². The summed E-state index contributed by atoms with van der Waals surface area (Å²) in [4.78, 5) is 6.71. The van der Waals surface area contributed by atoms with E-state index in [0.717, 1.165) is 14.8 Å². The third-order valence-corrected chi connectivity index (χ3v) is 5.75. The average molecular weight is 394 g/mol. The van der Waals surface area contributed by atoms with Crippen LogP contribution < -0.4 is 4.74 Å². The minimum Gasteiger partial charge on any atom is -0.494 e. The quantitative estimate of drug-likeness (QED) is 0.436. The zero-order chi connectivity index (χ0) is 16.9. The summed E-state index contributed by atoms with van der Waals surface area (Å²) in [5.41, 5.74) is 0.713. The summed E-state index contributed by atoms with van der Waals surface area (Å²) in [6, 6.07) is 17.3. The Morgan fingerprint density at radius 1 is 1.00 bits per heavy atom. The second-order valence-electron chi connectivity index (χ2n) is 4.79. The Bertz CT molecular complexity index is 860. The predicted molar refractivity (Wildman–Crippen MR) is 105 cm³/mol. The summed E-state index contributed by atoms with van der Waals surface area (Å²) in [5, 5.41) is 1.38. The second-order valence-corrected chi connectivity index (χ2v) is 8.15. The number of ether oxygens (including phenoxy) is 1. The highest BCUT2D eigenvalue weighted by Gasteiger charge is 2.04. The standard InChI is InChI=1S/C18H13Cl2NOS2/c1-22-17-8-4-13(20)10-16(17)21-11-15-7-9-18(24-15)23-14-5-2-12(19)3-6-14/h2-11H,1H3. The maximum Gasteiger partial charge on any atom is 0.144 e. The van der Waals surface area contributed by atoms with Crippen LogP contribution in [0, 0.1) is 0 Å². The first-order chi connectivity index (χ1) is 11.6. The maximum absolute atomic E-state index is 6.02. The molecule has 0 saturated heterocycles. The minimum atomic E-state index is 0.633. The van der Waals surface area contributed by atoms with Crippen LogP contribution in [0.25, 0.3) is 0 Å². The minimum absolute atomic E-state index is 0.633. The van der Waals surface area contributed by atoms with Crippen molar-refractivity contribution in [2.24, 2.45) is 4.99 Å². The van der Waals surface area contributed by atoms with E-state index >= 15 is 0 Å². The van der Waals surface area contributed by atoms with Gasteiger partial charge in [-0.2, -0.15) is 0 Å². The Morgan fingerprint density at radius 2 is 1.75 bits per heavy atom. The van der Waals surface area contributed by atoms with Gasteiger partial charge in [0.05, 0.1) is 11.3 Å². The Kier molecular flexibility index (Phi) is 5.85. The zero-order valence-electron chi connectivity index (χ0n) is 12.7. The van der Waals surface area contributed by atoms with Gasteiger partial charge in [-0.25, -0.2) is 0 Å². The van der Waals surface area contributed by atoms with Crippen LogP contribution in [-0.4, -0.2) is 13.3 Å². The molecule has 6 heteroatoms. The van der Waals surface area contributed by atoms with Crippen LogP contribution in [-0.2, 0) is 0 Å². The molecule has 0 aliphatic heterocycles. The van der Waals surface area contributed by atoms with E-state index in [2.05, 4.69) is 11.1 Å². The molecule has 0 amide bonds. The summed E-state index contributed by atoms with van der Waals surface area (Å²) in [5.74, 6) is 0.697. The number of methoxy groups -OCH3 is 1. The molecule has 0 bridgehead atoms. The fourth-order valence-electron chi connectivity index (χ4n) is 1.97. The van der Waals surface area contributed by atoms with E-state index in [1.165, 1.54) is 4.21 Å². The summed E-state index contributed by atoms with van der Waals surface area (Å²) in [6.45, 7) is 0. The summed E-state index contributed by atoms with van der Waals surface area (Å²) >= 11 is 15.3. The Hall–Kier alpha value is -1.46. The molecule has 0 atom stereocenters. The molecule has 24 heavy (non-hydrogen) atoms. The molecular formula is C18H13Cl2NOS2. The topological polar surface area (TPSA) is 21.6 Å². The first kappa shape index (κ1) is 17.4. The van der Waals surface area contributed by atoms with Crippen LogP contribution in [0.4, 0.5) is 5.69 Å². The van der Waals surface area contributed by atoms with Crippen molar-refractivity contribution in [3.05, 3.63) is 69.5 Å². The highest BCUT2D eigenvalue weighted by atomic mass is 35.5. The van der Waals surface area contributed by atoms with Crippen molar-refractivity contribution in [2.75, 3.05) is 7.11 Å². The van der Waals surface area contributed by atoms with Crippen LogP contribution >= 0.6 is 46.3 Å². The Balaban J connectivity index is 1.74. The number of rotatable bonds is 5. The van der Waals surface area contributed by atoms with Gasteiger partial charge in [-0.05, 0) is 54.6 Å². The lowest BCUT2D eigenvalue weighted by molar-refractivity contribution is 0.416. The van der Waals surface area contributed by atoms with E-state index < -0.39 is 0 Å². The van der Waals surface area contributed by atoms with Crippen LogP contribution in [0.2, 0.25) is 10.0 Å². The Labute approximate surface area is 159 Å². The van der Waals surface area contributed by atoms with Gasteiger partial charge in [0.2, 0.25) is 0 Å². The van der Waals surface area contributed by atoms with E-state index in [9.17, 15) is 0 Å². The predicted octanol–water partition coefficient (Wildman–Crippen LogP) is 6.97. The van der Waals surface area contributed by atoms with Gasteiger partial charge in [-0.3, -0.25) is 4.99 Å². The molecule has 3 rings (SSSR count). The molecule has 2 nitrogen and oxygen atoms in total.